The van der Waals surface area contributed by atoms with E-state index in [9.17, 15) is 0 Å². The standard InChI is InChI=1S/C15H15N3O/c1-10-7-11(16)3-4-13(10)14-9-17-15-8-12(19-2)5-6-18(14)15/h3-9H,16H2,1-2H3. The van der Waals surface area contributed by atoms with Crippen LogP contribution in [0, 0.1) is 6.92 Å². The number of nitrogens with zero attached hydrogens (tertiary/aromatic N) is 2. The van der Waals surface area contributed by atoms with Crippen molar-refractivity contribution < 1.29 is 4.74 Å². The van der Waals surface area contributed by atoms with Gasteiger partial charge < -0.3 is 10.5 Å². The lowest BCUT2D eigenvalue weighted by Gasteiger charge is -2.07. The zero-order valence-electron chi connectivity index (χ0n) is 10.9. The summed E-state index contributed by atoms with van der Waals surface area (Å²) in [5.74, 6) is 0.804. The highest BCUT2D eigenvalue weighted by Gasteiger charge is 2.09. The van der Waals surface area contributed by atoms with Crippen molar-refractivity contribution in [1.29, 1.82) is 0 Å². The molecule has 0 radical (unpaired) electrons. The topological polar surface area (TPSA) is 52.5 Å². The fourth-order valence-electron chi connectivity index (χ4n) is 2.26. The van der Waals surface area contributed by atoms with Gasteiger partial charge in [0.05, 0.1) is 19.0 Å². The summed E-state index contributed by atoms with van der Waals surface area (Å²) in [6, 6.07) is 9.74. The van der Waals surface area contributed by atoms with Crippen molar-refractivity contribution in [1.82, 2.24) is 9.38 Å². The monoisotopic (exact) mass is 253 g/mol. The van der Waals surface area contributed by atoms with E-state index >= 15 is 0 Å². The van der Waals surface area contributed by atoms with Crippen LogP contribution in [0.2, 0.25) is 0 Å². The van der Waals surface area contributed by atoms with E-state index in [2.05, 4.69) is 11.9 Å². The van der Waals surface area contributed by atoms with Gasteiger partial charge in [-0.1, -0.05) is 6.07 Å². The molecule has 19 heavy (non-hydrogen) atoms. The molecule has 4 nitrogen and oxygen atoms in total. The molecule has 2 N–H and O–H groups in total. The maximum Gasteiger partial charge on any atom is 0.140 e. The maximum absolute atomic E-state index is 5.79. The van der Waals surface area contributed by atoms with Gasteiger partial charge in [0.1, 0.15) is 11.4 Å². The van der Waals surface area contributed by atoms with Crippen LogP contribution in [0.4, 0.5) is 5.69 Å². The van der Waals surface area contributed by atoms with Crippen LogP contribution in [0.25, 0.3) is 16.9 Å². The van der Waals surface area contributed by atoms with Gasteiger partial charge in [0, 0.05) is 23.5 Å². The summed E-state index contributed by atoms with van der Waals surface area (Å²) in [5.41, 5.74) is 10.8. The SMILES string of the molecule is COc1ccn2c(-c3ccc(N)cc3C)cnc2c1. The number of benzene rings is 1. The Morgan fingerprint density at radius 2 is 2.05 bits per heavy atom. The summed E-state index contributed by atoms with van der Waals surface area (Å²) in [7, 11) is 1.65. The number of hydrogen-bond donors (Lipinski definition) is 1. The van der Waals surface area contributed by atoms with Crippen molar-refractivity contribution in [2.45, 2.75) is 6.92 Å². The lowest BCUT2D eigenvalue weighted by molar-refractivity contribution is 0.414. The van der Waals surface area contributed by atoms with E-state index in [0.717, 1.165) is 33.9 Å². The minimum atomic E-state index is 0.775. The van der Waals surface area contributed by atoms with E-state index in [1.165, 1.54) is 0 Å². The number of imidazole rings is 1. The predicted octanol–water partition coefficient (Wildman–Crippen LogP) is 2.90. The largest absolute Gasteiger partial charge is 0.497 e. The Bertz CT molecular complexity index is 746. The Balaban J connectivity index is 2.20. The summed E-state index contributed by atoms with van der Waals surface area (Å²) < 4.78 is 7.25. The Kier molecular flexibility index (Phi) is 2.63. The first kappa shape index (κ1) is 11.6. The number of anilines is 1. The van der Waals surface area contributed by atoms with Crippen LogP contribution < -0.4 is 10.5 Å². The average molecular weight is 253 g/mol. The molecule has 0 atom stereocenters. The second-order valence-electron chi connectivity index (χ2n) is 4.51. The molecule has 96 valence electrons. The normalized spacial score (nSPS) is 10.8. The van der Waals surface area contributed by atoms with Crippen LogP contribution in [-0.2, 0) is 0 Å². The van der Waals surface area contributed by atoms with Crippen molar-refractivity contribution in [2.24, 2.45) is 0 Å². The summed E-state index contributed by atoms with van der Waals surface area (Å²) >= 11 is 0. The van der Waals surface area contributed by atoms with E-state index in [1.807, 2.05) is 47.1 Å². The summed E-state index contributed by atoms with van der Waals surface area (Å²) in [4.78, 5) is 4.42. The summed E-state index contributed by atoms with van der Waals surface area (Å²) in [6.45, 7) is 2.05. The van der Waals surface area contributed by atoms with Crippen molar-refractivity contribution in [3.63, 3.8) is 0 Å². The molecule has 1 aromatic carbocycles. The van der Waals surface area contributed by atoms with Crippen LogP contribution in [0.15, 0.2) is 42.7 Å². The van der Waals surface area contributed by atoms with E-state index in [1.54, 1.807) is 7.11 Å². The third kappa shape index (κ3) is 1.91. The third-order valence-corrected chi connectivity index (χ3v) is 3.25. The number of pyridine rings is 1. The van der Waals surface area contributed by atoms with Gasteiger partial charge in [0.15, 0.2) is 0 Å². The van der Waals surface area contributed by atoms with E-state index in [0.29, 0.717) is 0 Å². The second-order valence-corrected chi connectivity index (χ2v) is 4.51. The molecule has 3 aromatic rings. The number of nitrogen functional groups attached to an aromatic ring is 1. The van der Waals surface area contributed by atoms with Gasteiger partial charge in [-0.2, -0.15) is 0 Å². The molecular weight excluding hydrogens is 238 g/mol. The number of methoxy groups -OCH3 is 1. The van der Waals surface area contributed by atoms with Crippen molar-refractivity contribution in [2.75, 3.05) is 12.8 Å². The van der Waals surface area contributed by atoms with Crippen LogP contribution in [0.3, 0.4) is 0 Å². The number of fused-ring (bicyclic) bond motifs is 1. The van der Waals surface area contributed by atoms with E-state index in [-0.39, 0.29) is 0 Å². The molecule has 0 spiro atoms. The highest BCUT2D eigenvalue weighted by molar-refractivity contribution is 5.69. The quantitative estimate of drug-likeness (QED) is 0.714. The van der Waals surface area contributed by atoms with Crippen molar-refractivity contribution >= 4 is 11.3 Å². The van der Waals surface area contributed by atoms with Crippen LogP contribution in [0.1, 0.15) is 5.56 Å². The Morgan fingerprint density at radius 1 is 1.21 bits per heavy atom. The minimum absolute atomic E-state index is 0.775. The number of hydrogen-bond acceptors (Lipinski definition) is 3. The molecule has 2 aromatic heterocycles. The van der Waals surface area contributed by atoms with E-state index < -0.39 is 0 Å². The first-order valence-electron chi connectivity index (χ1n) is 6.06. The number of nitrogens with two attached hydrogens (primary N) is 1. The number of aromatic nitrogens is 2. The maximum atomic E-state index is 5.79. The summed E-state index contributed by atoms with van der Waals surface area (Å²) in [5, 5.41) is 0. The molecule has 0 amide bonds. The molecule has 0 saturated heterocycles. The Labute approximate surface area is 111 Å². The van der Waals surface area contributed by atoms with Gasteiger partial charge >= 0.3 is 0 Å². The summed E-state index contributed by atoms with van der Waals surface area (Å²) in [6.07, 6.45) is 3.83. The van der Waals surface area contributed by atoms with Crippen LogP contribution in [-0.4, -0.2) is 16.5 Å². The first-order chi connectivity index (χ1) is 9.19. The van der Waals surface area contributed by atoms with Gasteiger partial charge in [-0.3, -0.25) is 4.40 Å². The molecular formula is C15H15N3O. The molecule has 0 aliphatic heterocycles. The fraction of sp³-hybridized carbons (Fsp3) is 0.133. The predicted molar refractivity (Wildman–Crippen MR) is 76.3 cm³/mol. The zero-order valence-corrected chi connectivity index (χ0v) is 10.9. The van der Waals surface area contributed by atoms with Crippen molar-refractivity contribution in [3.8, 4) is 17.0 Å². The minimum Gasteiger partial charge on any atom is -0.497 e. The molecule has 0 aliphatic rings. The number of aryl methyl sites for hydroxylation is 1. The molecule has 0 bridgehead atoms. The zero-order chi connectivity index (χ0) is 13.4. The van der Waals surface area contributed by atoms with Gasteiger partial charge in [-0.25, -0.2) is 4.98 Å². The van der Waals surface area contributed by atoms with Gasteiger partial charge in [0.25, 0.3) is 0 Å². The molecule has 0 aliphatic carbocycles. The fourth-order valence-corrected chi connectivity index (χ4v) is 2.26. The molecule has 0 unspecified atom stereocenters. The highest BCUT2D eigenvalue weighted by atomic mass is 16.5. The molecule has 3 rings (SSSR count). The Morgan fingerprint density at radius 3 is 2.79 bits per heavy atom. The van der Waals surface area contributed by atoms with Crippen LogP contribution in [0.5, 0.6) is 5.75 Å². The van der Waals surface area contributed by atoms with Gasteiger partial charge in [-0.15, -0.1) is 0 Å². The van der Waals surface area contributed by atoms with E-state index in [4.69, 9.17) is 10.5 Å². The Hall–Kier alpha value is -2.49. The number of rotatable bonds is 2. The lowest BCUT2D eigenvalue weighted by Crippen LogP contribution is -1.93. The van der Waals surface area contributed by atoms with Crippen molar-refractivity contribution in [3.05, 3.63) is 48.3 Å². The number of ether oxygens (including phenoxy) is 1. The molecule has 2 heterocycles. The highest BCUT2D eigenvalue weighted by Crippen LogP contribution is 2.27. The second kappa shape index (κ2) is 4.31. The molecule has 0 fully saturated rings. The smallest absolute Gasteiger partial charge is 0.140 e. The third-order valence-electron chi connectivity index (χ3n) is 3.25. The van der Waals surface area contributed by atoms with Gasteiger partial charge in [-0.05, 0) is 30.7 Å². The molecule has 4 heteroatoms. The van der Waals surface area contributed by atoms with Gasteiger partial charge in [0.2, 0.25) is 0 Å². The average Bonchev–Trinajstić information content (AvgIpc) is 2.81. The lowest BCUT2D eigenvalue weighted by atomic mass is 10.1. The van der Waals surface area contributed by atoms with Crippen LogP contribution >= 0.6 is 0 Å². The molecule has 0 saturated carbocycles. The first-order valence-corrected chi connectivity index (χ1v) is 6.06.